The van der Waals surface area contributed by atoms with Gasteiger partial charge in [0.15, 0.2) is 0 Å². The highest BCUT2D eigenvalue weighted by atomic mass is 16.5. The predicted molar refractivity (Wildman–Crippen MR) is 70.7 cm³/mol. The van der Waals surface area contributed by atoms with E-state index >= 15 is 0 Å². The van der Waals surface area contributed by atoms with Crippen LogP contribution >= 0.6 is 0 Å². The maximum absolute atomic E-state index is 11.6. The average Bonchev–Trinajstić information content (AvgIpc) is 2.92. The van der Waals surface area contributed by atoms with Crippen molar-refractivity contribution in [3.8, 4) is 11.5 Å². The van der Waals surface area contributed by atoms with Crippen LogP contribution in [0, 0.1) is 0 Å². The van der Waals surface area contributed by atoms with E-state index < -0.39 is 12.0 Å². The third kappa shape index (κ3) is 2.81. The fourth-order valence-corrected chi connectivity index (χ4v) is 2.54. The lowest BCUT2D eigenvalue weighted by atomic mass is 10.0. The van der Waals surface area contributed by atoms with Crippen molar-refractivity contribution in [2.45, 2.75) is 18.9 Å². The van der Waals surface area contributed by atoms with Crippen LogP contribution in [0.25, 0.3) is 0 Å². The summed E-state index contributed by atoms with van der Waals surface area (Å²) in [5.74, 6) is 0.370. The van der Waals surface area contributed by atoms with Gasteiger partial charge in [0.25, 0.3) is 0 Å². The monoisotopic (exact) mass is 265 g/mol. The van der Waals surface area contributed by atoms with Gasteiger partial charge in [0.05, 0.1) is 14.2 Å². The molecule has 2 rings (SSSR count). The van der Waals surface area contributed by atoms with E-state index in [-0.39, 0.29) is 0 Å². The number of hydrogen-bond acceptors (Lipinski definition) is 4. The number of ether oxygens (including phenoxy) is 2. The highest BCUT2D eigenvalue weighted by molar-refractivity contribution is 5.77. The number of carboxylic acid groups (broad SMARTS) is 1. The lowest BCUT2D eigenvalue weighted by Crippen LogP contribution is -2.32. The van der Waals surface area contributed by atoms with Gasteiger partial charge >= 0.3 is 5.97 Å². The number of methoxy groups -OCH3 is 2. The molecule has 104 valence electrons. The molecular formula is C14H19NO4. The Morgan fingerprint density at radius 1 is 1.26 bits per heavy atom. The molecule has 1 aliphatic heterocycles. The number of nitrogens with zero attached hydrogens (tertiary/aromatic N) is 1. The summed E-state index contributed by atoms with van der Waals surface area (Å²) in [7, 11) is 3.12. The predicted octanol–water partition coefficient (Wildman–Crippen LogP) is 1.93. The Labute approximate surface area is 112 Å². The molecule has 0 bridgehead atoms. The van der Waals surface area contributed by atoms with E-state index in [1.807, 2.05) is 4.90 Å². The zero-order valence-electron chi connectivity index (χ0n) is 11.3. The number of likely N-dealkylation sites (tertiary alicyclic amines) is 1. The van der Waals surface area contributed by atoms with Gasteiger partial charge in [0.2, 0.25) is 0 Å². The van der Waals surface area contributed by atoms with Gasteiger partial charge in [-0.25, -0.2) is 0 Å². The molecule has 1 aromatic rings. The second kappa shape index (κ2) is 5.93. The van der Waals surface area contributed by atoms with E-state index in [1.54, 1.807) is 32.4 Å². The van der Waals surface area contributed by atoms with E-state index in [0.717, 1.165) is 25.9 Å². The minimum Gasteiger partial charge on any atom is -0.497 e. The summed E-state index contributed by atoms with van der Waals surface area (Å²) in [5, 5.41) is 9.53. The first-order valence-electron chi connectivity index (χ1n) is 6.36. The molecule has 0 radical (unpaired) electrons. The van der Waals surface area contributed by atoms with Gasteiger partial charge < -0.3 is 14.6 Å². The van der Waals surface area contributed by atoms with Gasteiger partial charge in [-0.2, -0.15) is 0 Å². The van der Waals surface area contributed by atoms with E-state index in [4.69, 9.17) is 9.47 Å². The minimum atomic E-state index is -0.853. The number of carbonyl (C=O) groups is 1. The second-order valence-corrected chi connectivity index (χ2v) is 4.59. The third-order valence-electron chi connectivity index (χ3n) is 3.47. The molecule has 1 unspecified atom stereocenters. The summed E-state index contributed by atoms with van der Waals surface area (Å²) in [6, 6.07) is 4.59. The zero-order chi connectivity index (χ0) is 13.8. The zero-order valence-corrected chi connectivity index (χ0v) is 11.3. The fraction of sp³-hybridized carbons (Fsp3) is 0.500. The van der Waals surface area contributed by atoms with Crippen LogP contribution in [-0.4, -0.2) is 43.3 Å². The molecule has 0 aliphatic carbocycles. The molecular weight excluding hydrogens is 246 g/mol. The summed E-state index contributed by atoms with van der Waals surface area (Å²) in [5.41, 5.74) is 0.649. The first kappa shape index (κ1) is 13.7. The summed E-state index contributed by atoms with van der Waals surface area (Å²) in [6.45, 7) is 1.61. The first-order chi connectivity index (χ1) is 9.17. The highest BCUT2D eigenvalue weighted by Crippen LogP contribution is 2.34. The van der Waals surface area contributed by atoms with Crippen molar-refractivity contribution in [3.63, 3.8) is 0 Å². The van der Waals surface area contributed by atoms with Crippen LogP contribution in [0.4, 0.5) is 0 Å². The summed E-state index contributed by atoms with van der Waals surface area (Å²) < 4.78 is 10.5. The number of aliphatic carboxylic acids is 1. The van der Waals surface area contributed by atoms with Gasteiger partial charge in [0.1, 0.15) is 17.5 Å². The molecule has 1 saturated heterocycles. The molecule has 0 aromatic heterocycles. The number of rotatable bonds is 5. The molecule has 1 fully saturated rings. The summed E-state index contributed by atoms with van der Waals surface area (Å²) in [6.07, 6.45) is 2.08. The first-order valence-corrected chi connectivity index (χ1v) is 6.36. The Morgan fingerprint density at radius 2 is 1.95 bits per heavy atom. The van der Waals surface area contributed by atoms with Crippen molar-refractivity contribution in [1.82, 2.24) is 4.90 Å². The van der Waals surface area contributed by atoms with E-state index in [1.165, 1.54) is 0 Å². The quantitative estimate of drug-likeness (QED) is 0.881. The average molecular weight is 265 g/mol. The smallest absolute Gasteiger partial charge is 0.325 e. The number of carboxylic acids is 1. The molecule has 0 spiro atoms. The molecule has 1 atom stereocenters. The fourth-order valence-electron chi connectivity index (χ4n) is 2.54. The Kier molecular flexibility index (Phi) is 4.27. The van der Waals surface area contributed by atoms with Gasteiger partial charge in [-0.1, -0.05) is 0 Å². The van der Waals surface area contributed by atoms with Crippen LogP contribution < -0.4 is 9.47 Å². The molecule has 5 heteroatoms. The maximum Gasteiger partial charge on any atom is 0.325 e. The number of hydrogen-bond donors (Lipinski definition) is 1. The van der Waals surface area contributed by atoms with Crippen molar-refractivity contribution < 1.29 is 19.4 Å². The molecule has 0 saturated carbocycles. The Hall–Kier alpha value is -1.75. The lowest BCUT2D eigenvalue weighted by molar-refractivity contribution is -0.143. The topological polar surface area (TPSA) is 59.0 Å². The summed E-state index contributed by atoms with van der Waals surface area (Å²) in [4.78, 5) is 13.6. The van der Waals surface area contributed by atoms with Crippen LogP contribution in [0.3, 0.4) is 0 Å². The maximum atomic E-state index is 11.6. The third-order valence-corrected chi connectivity index (χ3v) is 3.47. The van der Waals surface area contributed by atoms with Crippen LogP contribution in [0.15, 0.2) is 18.2 Å². The van der Waals surface area contributed by atoms with Crippen LogP contribution in [0.1, 0.15) is 24.4 Å². The lowest BCUT2D eigenvalue weighted by Gasteiger charge is -2.25. The van der Waals surface area contributed by atoms with E-state index in [9.17, 15) is 9.90 Å². The Morgan fingerprint density at radius 3 is 2.47 bits per heavy atom. The van der Waals surface area contributed by atoms with Crippen LogP contribution in [-0.2, 0) is 4.79 Å². The van der Waals surface area contributed by atoms with Gasteiger partial charge in [0, 0.05) is 5.56 Å². The van der Waals surface area contributed by atoms with Gasteiger partial charge in [-0.05, 0) is 44.1 Å². The van der Waals surface area contributed by atoms with Crippen molar-refractivity contribution >= 4 is 5.97 Å². The summed E-state index contributed by atoms with van der Waals surface area (Å²) >= 11 is 0. The molecule has 0 amide bonds. The molecule has 1 N–H and O–H groups in total. The molecule has 19 heavy (non-hydrogen) atoms. The van der Waals surface area contributed by atoms with Gasteiger partial charge in [-0.15, -0.1) is 0 Å². The van der Waals surface area contributed by atoms with Crippen molar-refractivity contribution in [3.05, 3.63) is 23.8 Å². The minimum absolute atomic E-state index is 0.583. The largest absolute Gasteiger partial charge is 0.497 e. The molecule has 5 nitrogen and oxygen atoms in total. The number of benzene rings is 1. The highest BCUT2D eigenvalue weighted by Gasteiger charge is 2.32. The molecule has 1 heterocycles. The Balaban J connectivity index is 2.41. The molecule has 1 aliphatic rings. The molecule has 1 aromatic carbocycles. The van der Waals surface area contributed by atoms with Crippen LogP contribution in [0.5, 0.6) is 11.5 Å². The standard InChI is InChI=1S/C14H19NO4/c1-18-10-5-6-12(19-2)11(9-10)13(14(16)17)15-7-3-4-8-15/h5-6,9,13H,3-4,7-8H2,1-2H3,(H,16,17). The van der Waals surface area contributed by atoms with Crippen molar-refractivity contribution in [1.29, 1.82) is 0 Å². The SMILES string of the molecule is COc1ccc(OC)c(C(C(=O)O)N2CCCC2)c1. The van der Waals surface area contributed by atoms with Gasteiger partial charge in [-0.3, -0.25) is 9.69 Å². The Bertz CT molecular complexity index is 455. The normalized spacial score (nSPS) is 17.2. The van der Waals surface area contributed by atoms with Crippen molar-refractivity contribution in [2.24, 2.45) is 0 Å². The second-order valence-electron chi connectivity index (χ2n) is 4.59. The van der Waals surface area contributed by atoms with E-state index in [2.05, 4.69) is 0 Å². The van der Waals surface area contributed by atoms with E-state index in [0.29, 0.717) is 17.1 Å². The van der Waals surface area contributed by atoms with Crippen molar-refractivity contribution in [2.75, 3.05) is 27.3 Å². The van der Waals surface area contributed by atoms with Crippen LogP contribution in [0.2, 0.25) is 0 Å².